The fourth-order valence-electron chi connectivity index (χ4n) is 3.53. The van der Waals surface area contributed by atoms with Crippen molar-refractivity contribution in [3.63, 3.8) is 0 Å². The third kappa shape index (κ3) is 3.54. The molecule has 160 valence electrons. The van der Waals surface area contributed by atoms with Crippen LogP contribution in [0.4, 0.5) is 5.69 Å². The van der Waals surface area contributed by atoms with Crippen molar-refractivity contribution in [2.45, 2.75) is 6.92 Å². The molecule has 1 aliphatic heterocycles. The van der Waals surface area contributed by atoms with Gasteiger partial charge in [-0.1, -0.05) is 30.3 Å². The standard InChI is InChI=1S/C24H18N2O5S/c1-13-9-16-20(25)22(32-23(16)26-21(13)14-5-3-2-4-6-14)24(28)29-11-17(27)15-7-8-18-19(10-15)31-12-30-18/h2-10H,11-12,25H2,1H3. The molecule has 0 saturated carbocycles. The second-order valence-corrected chi connectivity index (χ2v) is 8.28. The number of pyridine rings is 1. The highest BCUT2D eigenvalue weighted by Crippen LogP contribution is 2.36. The molecule has 32 heavy (non-hydrogen) atoms. The van der Waals surface area contributed by atoms with Crippen molar-refractivity contribution >= 4 is 39.0 Å². The minimum atomic E-state index is -0.654. The van der Waals surface area contributed by atoms with Gasteiger partial charge < -0.3 is 19.9 Å². The number of ketones is 1. The molecule has 0 aliphatic carbocycles. The Balaban J connectivity index is 1.36. The number of hydrogen-bond acceptors (Lipinski definition) is 8. The molecule has 5 rings (SSSR count). The van der Waals surface area contributed by atoms with Crippen molar-refractivity contribution in [3.05, 3.63) is 70.6 Å². The first-order chi connectivity index (χ1) is 15.5. The number of aromatic nitrogens is 1. The zero-order chi connectivity index (χ0) is 22.2. The fraction of sp³-hybridized carbons (Fsp3) is 0.125. The zero-order valence-electron chi connectivity index (χ0n) is 17.1. The Kier molecular flexibility index (Phi) is 4.99. The third-order valence-electron chi connectivity index (χ3n) is 5.17. The van der Waals surface area contributed by atoms with Crippen molar-refractivity contribution in [3.8, 4) is 22.8 Å². The van der Waals surface area contributed by atoms with Crippen molar-refractivity contribution < 1.29 is 23.8 Å². The van der Waals surface area contributed by atoms with Crippen LogP contribution in [0.2, 0.25) is 0 Å². The molecule has 2 aromatic heterocycles. The average Bonchev–Trinajstić information content (AvgIpc) is 3.41. The van der Waals surface area contributed by atoms with Gasteiger partial charge >= 0.3 is 5.97 Å². The van der Waals surface area contributed by atoms with Crippen molar-refractivity contribution in [2.24, 2.45) is 0 Å². The molecule has 7 nitrogen and oxygen atoms in total. The summed E-state index contributed by atoms with van der Waals surface area (Å²) in [5, 5.41) is 0.696. The topological polar surface area (TPSA) is 101 Å². The van der Waals surface area contributed by atoms with Gasteiger partial charge in [-0.3, -0.25) is 4.79 Å². The second kappa shape index (κ2) is 7.97. The Bertz CT molecular complexity index is 1360. The maximum Gasteiger partial charge on any atom is 0.350 e. The van der Waals surface area contributed by atoms with Gasteiger partial charge in [0.2, 0.25) is 6.79 Å². The van der Waals surface area contributed by atoms with Gasteiger partial charge in [0.25, 0.3) is 0 Å². The van der Waals surface area contributed by atoms with E-state index in [-0.39, 0.29) is 17.5 Å². The molecule has 1 aliphatic rings. The maximum atomic E-state index is 12.7. The number of benzene rings is 2. The molecule has 4 aromatic rings. The van der Waals surface area contributed by atoms with Gasteiger partial charge in [0.1, 0.15) is 9.71 Å². The minimum absolute atomic E-state index is 0.118. The van der Waals surface area contributed by atoms with Gasteiger partial charge in [0, 0.05) is 16.5 Å². The summed E-state index contributed by atoms with van der Waals surface area (Å²) in [6.45, 7) is 1.66. The van der Waals surface area contributed by atoms with Crippen LogP contribution in [0.25, 0.3) is 21.5 Å². The largest absolute Gasteiger partial charge is 0.454 e. The summed E-state index contributed by atoms with van der Waals surface area (Å²) in [4.78, 5) is 30.7. The number of thiophene rings is 1. The molecule has 0 spiro atoms. The van der Waals surface area contributed by atoms with Crippen LogP contribution < -0.4 is 15.2 Å². The first-order valence-corrected chi connectivity index (χ1v) is 10.7. The van der Waals surface area contributed by atoms with Crippen molar-refractivity contribution in [1.29, 1.82) is 0 Å². The Hall–Kier alpha value is -3.91. The summed E-state index contributed by atoms with van der Waals surface area (Å²) in [7, 11) is 0. The van der Waals surface area contributed by atoms with E-state index < -0.39 is 12.6 Å². The molecule has 0 radical (unpaired) electrons. The molecule has 3 heterocycles. The number of esters is 1. The molecule has 0 atom stereocenters. The summed E-state index contributed by atoms with van der Waals surface area (Å²) < 4.78 is 15.8. The number of ether oxygens (including phenoxy) is 3. The average molecular weight is 446 g/mol. The summed E-state index contributed by atoms with van der Waals surface area (Å²) in [6.07, 6.45) is 0. The lowest BCUT2D eigenvalue weighted by Gasteiger charge is -2.05. The van der Waals surface area contributed by atoms with Crippen LogP contribution in [-0.4, -0.2) is 30.1 Å². The number of rotatable bonds is 5. The van der Waals surface area contributed by atoms with E-state index in [4.69, 9.17) is 24.9 Å². The first kappa shape index (κ1) is 20.0. The van der Waals surface area contributed by atoms with Crippen LogP contribution in [0.15, 0.2) is 54.6 Å². The van der Waals surface area contributed by atoms with Crippen LogP contribution in [0.5, 0.6) is 11.5 Å². The summed E-state index contributed by atoms with van der Waals surface area (Å²) in [5.41, 5.74) is 9.67. The van der Waals surface area contributed by atoms with Gasteiger partial charge in [0.15, 0.2) is 23.9 Å². The first-order valence-electron chi connectivity index (χ1n) is 9.86. The molecule has 0 saturated heterocycles. The monoisotopic (exact) mass is 446 g/mol. The predicted octanol–water partition coefficient (Wildman–Crippen LogP) is 4.62. The smallest absolute Gasteiger partial charge is 0.350 e. The zero-order valence-corrected chi connectivity index (χ0v) is 17.9. The molecule has 8 heteroatoms. The normalized spacial score (nSPS) is 12.2. The number of nitrogens with two attached hydrogens (primary N) is 1. The molecular weight excluding hydrogens is 428 g/mol. The Morgan fingerprint density at radius 1 is 1.09 bits per heavy atom. The number of nitrogen functional groups attached to an aromatic ring is 1. The number of carbonyl (C=O) groups excluding carboxylic acids is 2. The maximum absolute atomic E-state index is 12.7. The predicted molar refractivity (Wildman–Crippen MR) is 121 cm³/mol. The van der Waals surface area contributed by atoms with Gasteiger partial charge in [-0.15, -0.1) is 11.3 Å². The van der Waals surface area contributed by atoms with Gasteiger partial charge in [-0.05, 0) is 36.8 Å². The second-order valence-electron chi connectivity index (χ2n) is 7.28. The number of Topliss-reactive ketones (excluding diaryl/α,β-unsaturated/α-hetero) is 1. The van der Waals surface area contributed by atoms with E-state index in [0.717, 1.165) is 28.2 Å². The highest BCUT2D eigenvalue weighted by molar-refractivity contribution is 7.21. The lowest BCUT2D eigenvalue weighted by Crippen LogP contribution is -2.14. The summed E-state index contributed by atoms with van der Waals surface area (Å²) >= 11 is 1.15. The van der Waals surface area contributed by atoms with Crippen LogP contribution in [0.3, 0.4) is 0 Å². The van der Waals surface area contributed by atoms with Crippen LogP contribution in [0, 0.1) is 6.92 Å². The number of anilines is 1. The van der Waals surface area contributed by atoms with Crippen molar-refractivity contribution in [2.75, 3.05) is 19.1 Å². The van der Waals surface area contributed by atoms with E-state index in [0.29, 0.717) is 33.0 Å². The van der Waals surface area contributed by atoms with Gasteiger partial charge in [-0.2, -0.15) is 0 Å². The highest BCUT2D eigenvalue weighted by Gasteiger charge is 2.22. The van der Waals surface area contributed by atoms with Crippen LogP contribution in [-0.2, 0) is 4.74 Å². The molecule has 2 aromatic carbocycles. The number of hydrogen-bond donors (Lipinski definition) is 1. The Morgan fingerprint density at radius 2 is 1.88 bits per heavy atom. The SMILES string of the molecule is Cc1cc2c(N)c(C(=O)OCC(=O)c3ccc4c(c3)OCO4)sc2nc1-c1ccccc1. The molecular formula is C24H18N2O5S. The van der Waals surface area contributed by atoms with Gasteiger partial charge in [-0.25, -0.2) is 9.78 Å². The number of nitrogens with zero attached hydrogens (tertiary/aromatic N) is 1. The molecule has 0 bridgehead atoms. The van der Waals surface area contributed by atoms with Gasteiger partial charge in [0.05, 0.1) is 11.4 Å². The lowest BCUT2D eigenvalue weighted by molar-refractivity contribution is 0.0480. The number of fused-ring (bicyclic) bond motifs is 2. The van der Waals surface area contributed by atoms with E-state index >= 15 is 0 Å². The summed E-state index contributed by atoms with van der Waals surface area (Å²) in [5.74, 6) is 0.0658. The Labute approximate surface area is 187 Å². The van der Waals surface area contributed by atoms with Crippen molar-refractivity contribution in [1.82, 2.24) is 4.98 Å². The summed E-state index contributed by atoms with van der Waals surface area (Å²) in [6, 6.07) is 16.6. The molecule has 0 unspecified atom stereocenters. The molecule has 0 amide bonds. The van der Waals surface area contributed by atoms with E-state index in [1.165, 1.54) is 0 Å². The number of aryl methyl sites for hydroxylation is 1. The molecule has 0 fully saturated rings. The fourth-order valence-corrected chi connectivity index (χ4v) is 4.50. The van der Waals surface area contributed by atoms with E-state index in [1.54, 1.807) is 18.2 Å². The van der Waals surface area contributed by atoms with Crippen LogP contribution >= 0.6 is 11.3 Å². The van der Waals surface area contributed by atoms with Crippen LogP contribution in [0.1, 0.15) is 25.6 Å². The van der Waals surface area contributed by atoms with E-state index in [9.17, 15) is 9.59 Å². The lowest BCUT2D eigenvalue weighted by atomic mass is 10.1. The highest BCUT2D eigenvalue weighted by atomic mass is 32.1. The van der Waals surface area contributed by atoms with E-state index in [2.05, 4.69) is 0 Å². The minimum Gasteiger partial charge on any atom is -0.454 e. The third-order valence-corrected chi connectivity index (χ3v) is 6.27. The Morgan fingerprint density at radius 3 is 2.69 bits per heavy atom. The quantitative estimate of drug-likeness (QED) is 0.352. The van der Waals surface area contributed by atoms with E-state index in [1.807, 2.05) is 43.3 Å². The molecule has 2 N–H and O–H groups in total. The number of carbonyl (C=O) groups is 2.